The molecule has 0 saturated carbocycles. The molecule has 0 aliphatic carbocycles. The Labute approximate surface area is 127 Å². The maximum absolute atomic E-state index is 6.19. The molecule has 0 radical (unpaired) electrons. The average molecular weight is 299 g/mol. The molecule has 116 valence electrons. The molecular weight excluding hydrogens is 270 g/mol. The molecule has 3 fully saturated rings. The molecule has 5 unspecified atom stereocenters. The number of ether oxygens (including phenoxy) is 2. The van der Waals surface area contributed by atoms with Crippen molar-refractivity contribution in [1.82, 2.24) is 5.32 Å². The third-order valence-corrected chi connectivity index (χ3v) is 6.51. The van der Waals surface area contributed by atoms with Crippen LogP contribution in [0.5, 0.6) is 0 Å². The van der Waals surface area contributed by atoms with Gasteiger partial charge in [-0.25, -0.2) is 0 Å². The van der Waals surface area contributed by atoms with Crippen molar-refractivity contribution in [3.63, 3.8) is 0 Å². The van der Waals surface area contributed by atoms with Crippen molar-refractivity contribution >= 4 is 11.8 Å². The van der Waals surface area contributed by atoms with Crippen LogP contribution in [0.25, 0.3) is 0 Å². The van der Waals surface area contributed by atoms with E-state index in [1.54, 1.807) is 0 Å². The Morgan fingerprint density at radius 2 is 2.30 bits per heavy atom. The molecule has 1 N–H and O–H groups in total. The number of nitrogens with one attached hydrogen (secondary N) is 1. The van der Waals surface area contributed by atoms with Gasteiger partial charge in [-0.05, 0) is 50.8 Å². The second-order valence-electron chi connectivity index (χ2n) is 6.81. The minimum atomic E-state index is 0.201. The monoisotopic (exact) mass is 299 g/mol. The van der Waals surface area contributed by atoms with Crippen LogP contribution in [0, 0.1) is 11.8 Å². The van der Waals surface area contributed by atoms with Crippen molar-refractivity contribution < 1.29 is 9.47 Å². The molecule has 3 heterocycles. The summed E-state index contributed by atoms with van der Waals surface area (Å²) in [6.07, 6.45) is 5.38. The van der Waals surface area contributed by atoms with Crippen molar-refractivity contribution in [2.45, 2.75) is 57.3 Å². The van der Waals surface area contributed by atoms with Crippen LogP contribution in [0.15, 0.2) is 0 Å². The van der Waals surface area contributed by atoms with Crippen LogP contribution >= 0.6 is 11.8 Å². The zero-order valence-electron chi connectivity index (χ0n) is 12.9. The van der Waals surface area contributed by atoms with Crippen molar-refractivity contribution in [2.24, 2.45) is 11.8 Å². The minimum absolute atomic E-state index is 0.201. The van der Waals surface area contributed by atoms with Gasteiger partial charge in [0.05, 0.1) is 18.3 Å². The van der Waals surface area contributed by atoms with Gasteiger partial charge >= 0.3 is 0 Å². The van der Waals surface area contributed by atoms with E-state index in [9.17, 15) is 0 Å². The van der Waals surface area contributed by atoms with Crippen molar-refractivity contribution in [1.29, 1.82) is 0 Å². The van der Waals surface area contributed by atoms with Gasteiger partial charge in [-0.1, -0.05) is 6.92 Å². The number of rotatable bonds is 4. The fourth-order valence-corrected chi connectivity index (χ4v) is 5.67. The maximum atomic E-state index is 6.19. The lowest BCUT2D eigenvalue weighted by atomic mass is 9.76. The van der Waals surface area contributed by atoms with Gasteiger partial charge in [-0.3, -0.25) is 0 Å². The van der Waals surface area contributed by atoms with Gasteiger partial charge in [0.1, 0.15) is 0 Å². The second-order valence-corrected chi connectivity index (χ2v) is 7.92. The zero-order valence-corrected chi connectivity index (χ0v) is 13.7. The van der Waals surface area contributed by atoms with Crippen molar-refractivity contribution in [3.05, 3.63) is 0 Å². The zero-order chi connectivity index (χ0) is 14.0. The van der Waals surface area contributed by atoms with E-state index in [1.807, 2.05) is 0 Å². The van der Waals surface area contributed by atoms with Gasteiger partial charge in [-0.15, -0.1) is 0 Å². The van der Waals surface area contributed by atoms with Crippen LogP contribution in [0.2, 0.25) is 0 Å². The van der Waals surface area contributed by atoms with Crippen LogP contribution < -0.4 is 5.32 Å². The third-order valence-electron chi connectivity index (χ3n) is 5.28. The van der Waals surface area contributed by atoms with Crippen LogP contribution in [0.3, 0.4) is 0 Å². The van der Waals surface area contributed by atoms with Crippen LogP contribution in [-0.4, -0.2) is 49.0 Å². The molecule has 3 aliphatic heterocycles. The normalized spacial score (nSPS) is 43.2. The topological polar surface area (TPSA) is 30.5 Å². The number of hydrogen-bond acceptors (Lipinski definition) is 4. The van der Waals surface area contributed by atoms with Crippen molar-refractivity contribution in [2.75, 3.05) is 31.3 Å². The Kier molecular flexibility index (Phi) is 4.96. The molecule has 1 spiro atoms. The van der Waals surface area contributed by atoms with E-state index in [0.29, 0.717) is 18.1 Å². The third kappa shape index (κ3) is 3.18. The Morgan fingerprint density at radius 3 is 2.95 bits per heavy atom. The first-order chi connectivity index (χ1) is 9.72. The molecule has 0 aromatic rings. The molecule has 20 heavy (non-hydrogen) atoms. The van der Waals surface area contributed by atoms with E-state index in [-0.39, 0.29) is 5.60 Å². The highest BCUT2D eigenvalue weighted by atomic mass is 32.2. The molecule has 5 atom stereocenters. The summed E-state index contributed by atoms with van der Waals surface area (Å²) in [4.78, 5) is 0. The summed E-state index contributed by atoms with van der Waals surface area (Å²) in [5, 5.41) is 3.78. The summed E-state index contributed by atoms with van der Waals surface area (Å²) in [6, 6.07) is 0.622. The predicted molar refractivity (Wildman–Crippen MR) is 84.3 cm³/mol. The van der Waals surface area contributed by atoms with Gasteiger partial charge in [0.2, 0.25) is 0 Å². The van der Waals surface area contributed by atoms with Gasteiger partial charge < -0.3 is 14.8 Å². The van der Waals surface area contributed by atoms with Crippen LogP contribution in [-0.2, 0) is 9.47 Å². The lowest BCUT2D eigenvalue weighted by Gasteiger charge is -2.42. The van der Waals surface area contributed by atoms with E-state index in [0.717, 1.165) is 25.7 Å². The summed E-state index contributed by atoms with van der Waals surface area (Å²) in [7, 11) is 0. The highest BCUT2D eigenvalue weighted by Gasteiger charge is 2.44. The van der Waals surface area contributed by atoms with Gasteiger partial charge in [0.25, 0.3) is 0 Å². The van der Waals surface area contributed by atoms with E-state index in [2.05, 4.69) is 30.9 Å². The van der Waals surface area contributed by atoms with Crippen LogP contribution in [0.1, 0.15) is 39.5 Å². The van der Waals surface area contributed by atoms with Gasteiger partial charge in [0.15, 0.2) is 0 Å². The molecule has 0 bridgehead atoms. The van der Waals surface area contributed by atoms with Crippen molar-refractivity contribution in [3.8, 4) is 0 Å². The first-order valence-electron chi connectivity index (χ1n) is 8.29. The summed E-state index contributed by atoms with van der Waals surface area (Å²) in [6.45, 7) is 7.40. The van der Waals surface area contributed by atoms with Gasteiger partial charge in [0, 0.05) is 24.3 Å². The second kappa shape index (κ2) is 6.55. The fourth-order valence-electron chi connectivity index (χ4n) is 4.29. The number of thioether (sulfide) groups is 1. The highest BCUT2D eigenvalue weighted by molar-refractivity contribution is 7.99. The maximum Gasteiger partial charge on any atom is 0.0783 e. The fraction of sp³-hybridized carbons (Fsp3) is 1.00. The average Bonchev–Trinajstić information content (AvgIpc) is 3.06. The van der Waals surface area contributed by atoms with Crippen LogP contribution in [0.4, 0.5) is 0 Å². The first kappa shape index (κ1) is 15.1. The summed E-state index contributed by atoms with van der Waals surface area (Å²) in [5.41, 5.74) is 0.201. The lowest BCUT2D eigenvalue weighted by molar-refractivity contribution is -0.0884. The first-order valence-corrected chi connectivity index (χ1v) is 9.44. The Balaban J connectivity index is 1.67. The molecule has 3 rings (SSSR count). The molecule has 4 heteroatoms. The van der Waals surface area contributed by atoms with E-state index >= 15 is 0 Å². The molecule has 3 aliphatic rings. The van der Waals surface area contributed by atoms with E-state index in [1.165, 1.54) is 37.2 Å². The Hall–Kier alpha value is 0.230. The molecule has 3 saturated heterocycles. The molecular formula is C16H29NO2S. The standard InChI is InChI=1S/C16H29NO2S/c1-3-17-15(14-8-12(2)18-10-14)13-4-6-19-16(9-13)5-7-20-11-16/h12-15,17H,3-11H2,1-2H3. The summed E-state index contributed by atoms with van der Waals surface area (Å²) >= 11 is 2.07. The van der Waals surface area contributed by atoms with E-state index in [4.69, 9.17) is 9.47 Å². The lowest BCUT2D eigenvalue weighted by Crippen LogP contribution is -2.50. The number of hydrogen-bond donors (Lipinski definition) is 1. The largest absolute Gasteiger partial charge is 0.378 e. The molecule has 0 aromatic heterocycles. The summed E-state index contributed by atoms with van der Waals surface area (Å²) in [5.74, 6) is 3.95. The predicted octanol–water partition coefficient (Wildman–Crippen LogP) is 2.69. The Morgan fingerprint density at radius 1 is 1.40 bits per heavy atom. The SMILES string of the molecule is CCNC(C1COC(C)C1)C1CCOC2(CCSC2)C1. The molecule has 3 nitrogen and oxygen atoms in total. The highest BCUT2D eigenvalue weighted by Crippen LogP contribution is 2.43. The Bertz CT molecular complexity index is 320. The van der Waals surface area contributed by atoms with Gasteiger partial charge in [-0.2, -0.15) is 11.8 Å². The molecule has 0 amide bonds. The quantitative estimate of drug-likeness (QED) is 0.864. The van der Waals surface area contributed by atoms with E-state index < -0.39 is 0 Å². The smallest absolute Gasteiger partial charge is 0.0783 e. The minimum Gasteiger partial charge on any atom is -0.378 e. The molecule has 0 aromatic carbocycles. The summed E-state index contributed by atoms with van der Waals surface area (Å²) < 4.78 is 12.0.